The van der Waals surface area contributed by atoms with Crippen LogP contribution in [0, 0.1) is 12.3 Å². The van der Waals surface area contributed by atoms with Crippen molar-refractivity contribution in [3.63, 3.8) is 0 Å². The van der Waals surface area contributed by atoms with Gasteiger partial charge in [0.25, 0.3) is 0 Å². The van der Waals surface area contributed by atoms with Gasteiger partial charge >= 0.3 is 5.97 Å². The summed E-state index contributed by atoms with van der Waals surface area (Å²) >= 11 is 0. The molecule has 1 aliphatic rings. The Kier molecular flexibility index (Phi) is 6.17. The van der Waals surface area contributed by atoms with Crippen molar-refractivity contribution in [1.82, 2.24) is 0 Å². The summed E-state index contributed by atoms with van der Waals surface area (Å²) in [6.07, 6.45) is 4.80. The second-order valence-electron chi connectivity index (χ2n) is 6.94. The molecule has 0 saturated heterocycles. The molecule has 0 bridgehead atoms. The first-order valence-corrected chi connectivity index (χ1v) is 8.74. The molecule has 0 radical (unpaired) electrons. The van der Waals surface area contributed by atoms with Crippen LogP contribution in [0.1, 0.15) is 57.4 Å². The van der Waals surface area contributed by atoms with Crippen LogP contribution in [0.5, 0.6) is 0 Å². The van der Waals surface area contributed by atoms with Crippen molar-refractivity contribution in [2.75, 3.05) is 10.6 Å². The molecule has 1 aromatic carbocycles. The van der Waals surface area contributed by atoms with Crippen LogP contribution >= 0.6 is 0 Å². The van der Waals surface area contributed by atoms with Crippen molar-refractivity contribution in [1.29, 1.82) is 0 Å². The summed E-state index contributed by atoms with van der Waals surface area (Å²) in [5, 5.41) is 15.2. The number of amides is 2. The van der Waals surface area contributed by atoms with Gasteiger partial charge in [-0.05, 0) is 37.5 Å². The summed E-state index contributed by atoms with van der Waals surface area (Å²) in [6, 6.07) is 5.24. The van der Waals surface area contributed by atoms with Crippen molar-refractivity contribution in [2.24, 2.45) is 5.41 Å². The highest BCUT2D eigenvalue weighted by Crippen LogP contribution is 2.38. The van der Waals surface area contributed by atoms with E-state index in [9.17, 15) is 19.5 Å². The molecular formula is C19H26N2O4. The maximum Gasteiger partial charge on any atom is 0.310 e. The molecule has 25 heavy (non-hydrogen) atoms. The van der Waals surface area contributed by atoms with E-state index in [1.165, 1.54) is 6.92 Å². The Hall–Kier alpha value is -2.37. The van der Waals surface area contributed by atoms with Gasteiger partial charge in [0.1, 0.15) is 0 Å². The number of carbonyl (C=O) groups excluding carboxylic acids is 2. The molecule has 0 spiro atoms. The number of aryl methyl sites for hydroxylation is 1. The summed E-state index contributed by atoms with van der Waals surface area (Å²) in [7, 11) is 0. The first-order valence-electron chi connectivity index (χ1n) is 8.74. The Bertz CT molecular complexity index is 661. The molecule has 3 N–H and O–H groups in total. The van der Waals surface area contributed by atoms with E-state index in [1.807, 2.05) is 6.92 Å². The van der Waals surface area contributed by atoms with Gasteiger partial charge in [0.15, 0.2) is 0 Å². The van der Waals surface area contributed by atoms with Crippen LogP contribution in [0.25, 0.3) is 0 Å². The second-order valence-corrected chi connectivity index (χ2v) is 6.94. The number of carboxylic acids is 1. The Morgan fingerprint density at radius 2 is 1.72 bits per heavy atom. The van der Waals surface area contributed by atoms with Gasteiger partial charge in [-0.1, -0.05) is 31.7 Å². The van der Waals surface area contributed by atoms with E-state index in [-0.39, 0.29) is 18.2 Å². The van der Waals surface area contributed by atoms with Gasteiger partial charge in [0.2, 0.25) is 11.8 Å². The van der Waals surface area contributed by atoms with E-state index in [2.05, 4.69) is 10.6 Å². The highest BCUT2D eigenvalue weighted by Gasteiger charge is 2.40. The monoisotopic (exact) mass is 346 g/mol. The quantitative estimate of drug-likeness (QED) is 0.708. The van der Waals surface area contributed by atoms with E-state index in [1.54, 1.807) is 18.2 Å². The van der Waals surface area contributed by atoms with Crippen LogP contribution in [-0.4, -0.2) is 22.9 Å². The third-order valence-electron chi connectivity index (χ3n) is 4.85. The third kappa shape index (κ3) is 5.05. The number of hydrogen-bond acceptors (Lipinski definition) is 3. The minimum Gasteiger partial charge on any atom is -0.481 e. The number of carboxylic acid groups (broad SMARTS) is 1. The number of aliphatic carboxylic acids is 1. The minimum absolute atomic E-state index is 0.0221. The molecule has 136 valence electrons. The fourth-order valence-corrected chi connectivity index (χ4v) is 3.41. The molecule has 6 nitrogen and oxygen atoms in total. The lowest BCUT2D eigenvalue weighted by Crippen LogP contribution is -2.35. The average molecular weight is 346 g/mol. The van der Waals surface area contributed by atoms with Crippen molar-refractivity contribution in [3.05, 3.63) is 23.8 Å². The predicted octanol–water partition coefficient (Wildman–Crippen LogP) is 3.71. The van der Waals surface area contributed by atoms with E-state index in [0.29, 0.717) is 24.2 Å². The largest absolute Gasteiger partial charge is 0.481 e. The van der Waals surface area contributed by atoms with Gasteiger partial charge in [0, 0.05) is 24.7 Å². The van der Waals surface area contributed by atoms with Crippen LogP contribution in [0.3, 0.4) is 0 Å². The Balaban J connectivity index is 2.10. The SMILES string of the molecule is CC(=O)Nc1cc(NC(=O)CC2(C(=O)O)CCCCCC2)ccc1C. The summed E-state index contributed by atoms with van der Waals surface area (Å²) in [4.78, 5) is 35.5. The van der Waals surface area contributed by atoms with Crippen LogP contribution in [0.2, 0.25) is 0 Å². The number of benzene rings is 1. The zero-order valence-electron chi connectivity index (χ0n) is 14.9. The fourth-order valence-electron chi connectivity index (χ4n) is 3.41. The zero-order valence-corrected chi connectivity index (χ0v) is 14.9. The minimum atomic E-state index is -0.967. The van der Waals surface area contributed by atoms with Gasteiger partial charge in [-0.25, -0.2) is 0 Å². The molecule has 0 unspecified atom stereocenters. The van der Waals surface area contributed by atoms with Crippen molar-refractivity contribution < 1.29 is 19.5 Å². The van der Waals surface area contributed by atoms with E-state index < -0.39 is 11.4 Å². The lowest BCUT2D eigenvalue weighted by atomic mass is 9.77. The average Bonchev–Trinajstić information content (AvgIpc) is 2.76. The number of anilines is 2. The molecular weight excluding hydrogens is 320 g/mol. The molecule has 2 rings (SSSR count). The van der Waals surface area contributed by atoms with Gasteiger partial charge in [-0.3, -0.25) is 14.4 Å². The smallest absolute Gasteiger partial charge is 0.310 e. The molecule has 2 amide bonds. The summed E-state index contributed by atoms with van der Waals surface area (Å²) in [6.45, 7) is 3.29. The van der Waals surface area contributed by atoms with Crippen LogP contribution < -0.4 is 10.6 Å². The predicted molar refractivity (Wildman–Crippen MR) is 96.5 cm³/mol. The maximum atomic E-state index is 12.5. The standard InChI is InChI=1S/C19H26N2O4/c1-13-7-8-15(11-16(13)20-14(2)22)21-17(23)12-19(18(24)25)9-5-3-4-6-10-19/h7-8,11H,3-6,9-10,12H2,1-2H3,(H,20,22)(H,21,23)(H,24,25). The number of hydrogen-bond donors (Lipinski definition) is 3. The lowest BCUT2D eigenvalue weighted by molar-refractivity contribution is -0.152. The summed E-state index contributed by atoms with van der Waals surface area (Å²) in [5.41, 5.74) is 1.10. The van der Waals surface area contributed by atoms with Gasteiger partial charge < -0.3 is 15.7 Å². The Morgan fingerprint density at radius 3 is 2.28 bits per heavy atom. The Morgan fingerprint density at radius 1 is 1.08 bits per heavy atom. The zero-order chi connectivity index (χ0) is 18.4. The fraction of sp³-hybridized carbons (Fsp3) is 0.526. The van der Waals surface area contributed by atoms with Gasteiger partial charge in [-0.15, -0.1) is 0 Å². The summed E-state index contributed by atoms with van der Waals surface area (Å²) < 4.78 is 0. The van der Waals surface area contributed by atoms with Crippen molar-refractivity contribution in [2.45, 2.75) is 58.8 Å². The van der Waals surface area contributed by atoms with E-state index >= 15 is 0 Å². The molecule has 0 atom stereocenters. The first kappa shape index (κ1) is 19.0. The van der Waals surface area contributed by atoms with Crippen LogP contribution in [-0.2, 0) is 14.4 Å². The van der Waals surface area contributed by atoms with Crippen molar-refractivity contribution in [3.8, 4) is 0 Å². The van der Waals surface area contributed by atoms with Crippen LogP contribution in [0.4, 0.5) is 11.4 Å². The van der Waals surface area contributed by atoms with Crippen molar-refractivity contribution >= 4 is 29.2 Å². The lowest BCUT2D eigenvalue weighted by Gasteiger charge is -2.27. The van der Waals surface area contributed by atoms with Crippen LogP contribution in [0.15, 0.2) is 18.2 Å². The number of carbonyl (C=O) groups is 3. The highest BCUT2D eigenvalue weighted by atomic mass is 16.4. The molecule has 0 aromatic heterocycles. The van der Waals surface area contributed by atoms with Gasteiger partial charge in [0.05, 0.1) is 5.41 Å². The molecule has 0 heterocycles. The molecule has 1 aliphatic carbocycles. The van der Waals surface area contributed by atoms with Gasteiger partial charge in [-0.2, -0.15) is 0 Å². The first-order chi connectivity index (χ1) is 11.8. The molecule has 1 aromatic rings. The topological polar surface area (TPSA) is 95.5 Å². The molecule has 1 fully saturated rings. The highest BCUT2D eigenvalue weighted by molar-refractivity contribution is 5.96. The molecule has 0 aliphatic heterocycles. The third-order valence-corrected chi connectivity index (χ3v) is 4.85. The normalized spacial score (nSPS) is 16.6. The molecule has 6 heteroatoms. The second kappa shape index (κ2) is 8.14. The van der Waals surface area contributed by atoms with E-state index in [4.69, 9.17) is 0 Å². The Labute approximate surface area is 148 Å². The number of nitrogens with one attached hydrogen (secondary N) is 2. The maximum absolute atomic E-state index is 12.5. The van der Waals surface area contributed by atoms with E-state index in [0.717, 1.165) is 31.2 Å². The molecule has 1 saturated carbocycles. The summed E-state index contributed by atoms with van der Waals surface area (Å²) in [5.74, 6) is -1.37. The number of rotatable bonds is 5.